The fraction of sp³-hybridized carbons (Fsp3) is 0.125. The van der Waals surface area contributed by atoms with Crippen molar-refractivity contribution in [3.05, 3.63) is 95.9 Å². The van der Waals surface area contributed by atoms with Gasteiger partial charge >= 0.3 is 0 Å². The van der Waals surface area contributed by atoms with Gasteiger partial charge in [-0.15, -0.1) is 11.8 Å². The van der Waals surface area contributed by atoms with Crippen molar-refractivity contribution < 1.29 is 14.1 Å². The van der Waals surface area contributed by atoms with Crippen LogP contribution in [0.2, 0.25) is 0 Å². The summed E-state index contributed by atoms with van der Waals surface area (Å²) in [6.45, 7) is 0.152. The molecule has 6 nitrogen and oxygen atoms in total. The molecule has 31 heavy (non-hydrogen) atoms. The van der Waals surface area contributed by atoms with Gasteiger partial charge in [0.25, 0.3) is 5.91 Å². The average Bonchev–Trinajstić information content (AvgIpc) is 3.31. The number of thioether (sulfide) groups is 1. The average molecular weight is 432 g/mol. The molecule has 4 aromatic rings. The van der Waals surface area contributed by atoms with Crippen LogP contribution in [0.25, 0.3) is 11.4 Å². The molecule has 1 N–H and O–H groups in total. The van der Waals surface area contributed by atoms with E-state index in [1.807, 2.05) is 66.7 Å². The largest absolute Gasteiger partial charge is 0.497 e. The van der Waals surface area contributed by atoms with Gasteiger partial charge in [-0.05, 0) is 42.0 Å². The predicted molar refractivity (Wildman–Crippen MR) is 120 cm³/mol. The summed E-state index contributed by atoms with van der Waals surface area (Å²) in [5.41, 5.74) is 2.64. The van der Waals surface area contributed by atoms with Crippen molar-refractivity contribution in [3.63, 3.8) is 0 Å². The zero-order valence-corrected chi connectivity index (χ0v) is 17.8. The second-order valence-electron chi connectivity index (χ2n) is 6.69. The van der Waals surface area contributed by atoms with Crippen LogP contribution in [0.15, 0.2) is 88.3 Å². The van der Waals surface area contributed by atoms with Gasteiger partial charge in [0.2, 0.25) is 11.7 Å². The maximum atomic E-state index is 12.8. The maximum absolute atomic E-state index is 12.8. The summed E-state index contributed by atoms with van der Waals surface area (Å²) in [5, 5.41) is 6.86. The molecule has 0 spiro atoms. The third-order valence-corrected chi connectivity index (χ3v) is 5.73. The fourth-order valence-corrected chi connectivity index (χ4v) is 3.96. The van der Waals surface area contributed by atoms with Crippen molar-refractivity contribution in [1.82, 2.24) is 15.5 Å². The Morgan fingerprint density at radius 2 is 1.74 bits per heavy atom. The van der Waals surface area contributed by atoms with E-state index in [1.54, 1.807) is 18.9 Å². The molecule has 0 saturated carbocycles. The molecule has 0 aliphatic carbocycles. The van der Waals surface area contributed by atoms with Gasteiger partial charge in [0.15, 0.2) is 0 Å². The van der Waals surface area contributed by atoms with Crippen molar-refractivity contribution in [2.75, 3.05) is 7.11 Å². The molecule has 4 rings (SSSR count). The van der Waals surface area contributed by atoms with E-state index in [0.717, 1.165) is 22.0 Å². The number of rotatable bonds is 8. The highest BCUT2D eigenvalue weighted by Crippen LogP contribution is 2.26. The molecule has 1 heterocycles. The van der Waals surface area contributed by atoms with E-state index in [2.05, 4.69) is 27.6 Å². The van der Waals surface area contributed by atoms with Crippen LogP contribution < -0.4 is 10.1 Å². The standard InChI is InChI=1S/C24H21N3O3S/c1-29-19-13-11-18(12-14-19)23-26-22(30-27-23)15-25-24(28)20-9-5-6-10-21(20)31-16-17-7-3-2-4-8-17/h2-14H,15-16H2,1H3,(H,25,28). The minimum absolute atomic E-state index is 0.152. The SMILES string of the molecule is COc1ccc(-c2noc(CNC(=O)c3ccccc3SCc3ccccc3)n2)cc1. The van der Waals surface area contributed by atoms with Crippen LogP contribution in [0.5, 0.6) is 5.75 Å². The van der Waals surface area contributed by atoms with Crippen LogP contribution in [0, 0.1) is 0 Å². The molecule has 0 aliphatic rings. The molecule has 7 heteroatoms. The second kappa shape index (κ2) is 9.95. The maximum Gasteiger partial charge on any atom is 0.252 e. The molecule has 0 radical (unpaired) electrons. The molecule has 0 atom stereocenters. The molecule has 0 aliphatic heterocycles. The number of hydrogen-bond donors (Lipinski definition) is 1. The Morgan fingerprint density at radius 3 is 2.52 bits per heavy atom. The number of methoxy groups -OCH3 is 1. The molecule has 156 valence electrons. The van der Waals surface area contributed by atoms with Crippen molar-refractivity contribution in [2.45, 2.75) is 17.2 Å². The highest BCUT2D eigenvalue weighted by atomic mass is 32.2. The van der Waals surface area contributed by atoms with Crippen molar-refractivity contribution in [3.8, 4) is 17.1 Å². The Balaban J connectivity index is 1.38. The minimum atomic E-state index is -0.180. The van der Waals surface area contributed by atoms with Crippen LogP contribution in [0.3, 0.4) is 0 Å². The van der Waals surface area contributed by atoms with E-state index in [0.29, 0.717) is 17.3 Å². The molecular formula is C24H21N3O3S. The first-order valence-corrected chi connectivity index (χ1v) is 10.7. The van der Waals surface area contributed by atoms with Crippen LogP contribution in [0.1, 0.15) is 21.8 Å². The van der Waals surface area contributed by atoms with Gasteiger partial charge in [0, 0.05) is 16.2 Å². The van der Waals surface area contributed by atoms with Gasteiger partial charge in [0.05, 0.1) is 19.2 Å². The number of hydrogen-bond acceptors (Lipinski definition) is 6. The molecule has 0 bridgehead atoms. The van der Waals surface area contributed by atoms with Crippen LogP contribution in [0.4, 0.5) is 0 Å². The van der Waals surface area contributed by atoms with E-state index < -0.39 is 0 Å². The highest BCUT2D eigenvalue weighted by Gasteiger charge is 2.14. The van der Waals surface area contributed by atoms with E-state index in [-0.39, 0.29) is 12.5 Å². The topological polar surface area (TPSA) is 77.3 Å². The monoisotopic (exact) mass is 431 g/mol. The number of carbonyl (C=O) groups is 1. The van der Waals surface area contributed by atoms with Gasteiger partial charge in [-0.25, -0.2) is 0 Å². The number of aromatic nitrogens is 2. The fourth-order valence-electron chi connectivity index (χ4n) is 2.95. The summed E-state index contributed by atoms with van der Waals surface area (Å²) in [4.78, 5) is 18.1. The first kappa shape index (κ1) is 20.7. The number of nitrogens with one attached hydrogen (secondary N) is 1. The number of nitrogens with zero attached hydrogens (tertiary/aromatic N) is 2. The zero-order chi connectivity index (χ0) is 21.5. The van der Waals surface area contributed by atoms with E-state index in [1.165, 1.54) is 5.56 Å². The Labute approximate surface area is 184 Å². The predicted octanol–water partition coefficient (Wildman–Crippen LogP) is 4.97. The number of carbonyl (C=O) groups excluding carboxylic acids is 1. The highest BCUT2D eigenvalue weighted by molar-refractivity contribution is 7.98. The summed E-state index contributed by atoms with van der Waals surface area (Å²) in [5.74, 6) is 2.17. The molecule has 1 aromatic heterocycles. The normalized spacial score (nSPS) is 10.6. The summed E-state index contributed by atoms with van der Waals surface area (Å²) in [6.07, 6.45) is 0. The second-order valence-corrected chi connectivity index (χ2v) is 7.71. The Kier molecular flexibility index (Phi) is 6.64. The molecular weight excluding hydrogens is 410 g/mol. The van der Waals surface area contributed by atoms with Crippen LogP contribution >= 0.6 is 11.8 Å². The first-order chi connectivity index (χ1) is 15.2. The smallest absolute Gasteiger partial charge is 0.252 e. The molecule has 0 unspecified atom stereocenters. The molecule has 3 aromatic carbocycles. The molecule has 0 saturated heterocycles. The number of amides is 1. The van der Waals surface area contributed by atoms with E-state index in [4.69, 9.17) is 9.26 Å². The van der Waals surface area contributed by atoms with Crippen LogP contribution in [-0.4, -0.2) is 23.2 Å². The number of benzene rings is 3. The van der Waals surface area contributed by atoms with Gasteiger partial charge in [-0.3, -0.25) is 4.79 Å². The minimum Gasteiger partial charge on any atom is -0.497 e. The lowest BCUT2D eigenvalue weighted by Gasteiger charge is -2.09. The Bertz CT molecular complexity index is 1140. The van der Waals surface area contributed by atoms with Gasteiger partial charge in [-0.2, -0.15) is 4.98 Å². The lowest BCUT2D eigenvalue weighted by molar-refractivity contribution is 0.0943. The lowest BCUT2D eigenvalue weighted by atomic mass is 10.2. The Morgan fingerprint density at radius 1 is 1.00 bits per heavy atom. The van der Waals surface area contributed by atoms with Crippen LogP contribution in [-0.2, 0) is 12.3 Å². The summed E-state index contributed by atoms with van der Waals surface area (Å²) < 4.78 is 10.4. The summed E-state index contributed by atoms with van der Waals surface area (Å²) in [7, 11) is 1.61. The quantitative estimate of drug-likeness (QED) is 0.397. The lowest BCUT2D eigenvalue weighted by Crippen LogP contribution is -2.23. The third kappa shape index (κ3) is 5.32. The van der Waals surface area contributed by atoms with E-state index >= 15 is 0 Å². The Hall–Kier alpha value is -3.58. The first-order valence-electron chi connectivity index (χ1n) is 9.74. The zero-order valence-electron chi connectivity index (χ0n) is 16.9. The van der Waals surface area contributed by atoms with E-state index in [9.17, 15) is 4.79 Å². The van der Waals surface area contributed by atoms with Crippen molar-refractivity contribution >= 4 is 17.7 Å². The van der Waals surface area contributed by atoms with Crippen molar-refractivity contribution in [2.24, 2.45) is 0 Å². The molecule has 0 fully saturated rings. The van der Waals surface area contributed by atoms with Gasteiger partial charge in [-0.1, -0.05) is 47.6 Å². The van der Waals surface area contributed by atoms with Gasteiger partial charge < -0.3 is 14.6 Å². The third-order valence-electron chi connectivity index (χ3n) is 4.59. The van der Waals surface area contributed by atoms with Crippen molar-refractivity contribution in [1.29, 1.82) is 0 Å². The summed E-state index contributed by atoms with van der Waals surface area (Å²) >= 11 is 1.63. The molecule has 1 amide bonds. The number of ether oxygens (including phenoxy) is 1. The summed E-state index contributed by atoms with van der Waals surface area (Å²) in [6, 6.07) is 25.1. The van der Waals surface area contributed by atoms with Gasteiger partial charge in [0.1, 0.15) is 5.75 Å².